The van der Waals surface area contributed by atoms with Crippen LogP contribution in [0.15, 0.2) is 58.9 Å². The summed E-state index contributed by atoms with van der Waals surface area (Å²) in [6, 6.07) is 9.70. The fraction of sp³-hybridized carbons (Fsp3) is 0.235. The Morgan fingerprint density at radius 2 is 1.92 bits per heavy atom. The van der Waals surface area contributed by atoms with Crippen LogP contribution < -0.4 is 11.2 Å². The van der Waals surface area contributed by atoms with Crippen molar-refractivity contribution in [3.05, 3.63) is 75.7 Å². The number of hydrogen-bond donors (Lipinski definition) is 0. The van der Waals surface area contributed by atoms with Crippen molar-refractivity contribution in [1.82, 2.24) is 18.7 Å². The van der Waals surface area contributed by atoms with Gasteiger partial charge in [-0.05, 0) is 11.6 Å². The van der Waals surface area contributed by atoms with Crippen LogP contribution in [-0.2, 0) is 25.4 Å². The minimum absolute atomic E-state index is 0.303. The number of benzene rings is 1. The van der Waals surface area contributed by atoms with Crippen LogP contribution in [0.5, 0.6) is 0 Å². The van der Waals surface area contributed by atoms with E-state index in [1.165, 1.54) is 17.9 Å². The summed E-state index contributed by atoms with van der Waals surface area (Å²) in [6.07, 6.45) is 2.51. The molecule has 0 amide bonds. The van der Waals surface area contributed by atoms with Crippen molar-refractivity contribution in [2.24, 2.45) is 14.1 Å². The molecule has 2 heterocycles. The average Bonchev–Trinajstić information content (AvgIpc) is 3.05. The number of rotatable bonds is 5. The third kappa shape index (κ3) is 2.59. The number of fused-ring (bicyclic) bond motifs is 1. The van der Waals surface area contributed by atoms with E-state index in [0.717, 1.165) is 10.1 Å². The van der Waals surface area contributed by atoms with E-state index in [1.54, 1.807) is 17.7 Å². The second-order valence-electron chi connectivity index (χ2n) is 5.45. The first kappa shape index (κ1) is 15.9. The van der Waals surface area contributed by atoms with E-state index in [4.69, 9.17) is 4.74 Å². The van der Waals surface area contributed by atoms with Crippen molar-refractivity contribution in [3.63, 3.8) is 0 Å². The number of nitrogens with zero attached hydrogens (tertiary/aromatic N) is 4. The number of imidazole rings is 1. The molecule has 1 atom stereocenters. The van der Waals surface area contributed by atoms with Crippen LogP contribution in [0, 0.1) is 0 Å². The standard InChI is InChI=1S/C17H18N4O3/c1-4-13(24-10-12-8-6-5-7-9-12)21-11-18-15-14(21)16(22)20(3)17(23)19(15)2/h4-9,11,13H,1,10H2,2-3H3/t13-/m0/s1. The normalized spacial score (nSPS) is 12.4. The van der Waals surface area contributed by atoms with E-state index in [1.807, 2.05) is 30.3 Å². The second kappa shape index (κ2) is 6.29. The summed E-state index contributed by atoms with van der Waals surface area (Å²) >= 11 is 0. The van der Waals surface area contributed by atoms with Gasteiger partial charge >= 0.3 is 5.69 Å². The van der Waals surface area contributed by atoms with Gasteiger partial charge < -0.3 is 4.74 Å². The largest absolute Gasteiger partial charge is 0.350 e. The van der Waals surface area contributed by atoms with Gasteiger partial charge in [0.25, 0.3) is 5.56 Å². The van der Waals surface area contributed by atoms with Crippen LogP contribution >= 0.6 is 0 Å². The van der Waals surface area contributed by atoms with Gasteiger partial charge in [-0.3, -0.25) is 18.5 Å². The molecule has 0 bridgehead atoms. The molecule has 0 aliphatic heterocycles. The molecule has 0 saturated carbocycles. The van der Waals surface area contributed by atoms with Gasteiger partial charge in [-0.15, -0.1) is 0 Å². The van der Waals surface area contributed by atoms with Crippen LogP contribution in [0.2, 0.25) is 0 Å². The Labute approximate surface area is 138 Å². The monoisotopic (exact) mass is 326 g/mol. The molecule has 0 N–H and O–H groups in total. The highest BCUT2D eigenvalue weighted by atomic mass is 16.5. The number of aryl methyl sites for hydroxylation is 1. The van der Waals surface area contributed by atoms with Gasteiger partial charge in [-0.2, -0.15) is 0 Å². The van der Waals surface area contributed by atoms with Gasteiger partial charge in [0.15, 0.2) is 17.4 Å². The van der Waals surface area contributed by atoms with E-state index in [2.05, 4.69) is 11.6 Å². The minimum atomic E-state index is -0.569. The molecule has 24 heavy (non-hydrogen) atoms. The van der Waals surface area contributed by atoms with Gasteiger partial charge in [0, 0.05) is 14.1 Å². The first-order chi connectivity index (χ1) is 11.5. The summed E-state index contributed by atoms with van der Waals surface area (Å²) in [4.78, 5) is 28.7. The molecule has 124 valence electrons. The highest BCUT2D eigenvalue weighted by molar-refractivity contribution is 5.70. The first-order valence-corrected chi connectivity index (χ1v) is 7.45. The molecular formula is C17H18N4O3. The molecule has 7 nitrogen and oxygen atoms in total. The number of aromatic nitrogens is 4. The van der Waals surface area contributed by atoms with Crippen LogP contribution in [0.25, 0.3) is 11.2 Å². The van der Waals surface area contributed by atoms with Crippen molar-refractivity contribution in [1.29, 1.82) is 0 Å². The molecule has 0 aliphatic carbocycles. The average molecular weight is 326 g/mol. The van der Waals surface area contributed by atoms with E-state index >= 15 is 0 Å². The molecule has 1 aromatic carbocycles. The maximum atomic E-state index is 12.5. The molecule has 0 unspecified atom stereocenters. The molecule has 3 rings (SSSR count). The summed E-state index contributed by atoms with van der Waals surface area (Å²) in [5.74, 6) is 0. The Morgan fingerprint density at radius 3 is 2.58 bits per heavy atom. The van der Waals surface area contributed by atoms with Gasteiger partial charge in [0.1, 0.15) is 6.33 Å². The lowest BCUT2D eigenvalue weighted by Gasteiger charge is -2.16. The predicted molar refractivity (Wildman–Crippen MR) is 90.7 cm³/mol. The van der Waals surface area contributed by atoms with E-state index < -0.39 is 17.5 Å². The van der Waals surface area contributed by atoms with Crippen LogP contribution in [0.3, 0.4) is 0 Å². The summed E-state index contributed by atoms with van der Waals surface area (Å²) in [6.45, 7) is 4.14. The lowest BCUT2D eigenvalue weighted by Crippen LogP contribution is -2.37. The topological polar surface area (TPSA) is 71.1 Å². The molecule has 0 saturated heterocycles. The maximum Gasteiger partial charge on any atom is 0.332 e. The number of hydrogen-bond acceptors (Lipinski definition) is 4. The first-order valence-electron chi connectivity index (χ1n) is 7.45. The zero-order valence-electron chi connectivity index (χ0n) is 13.5. The summed E-state index contributed by atoms with van der Waals surface area (Å²) in [7, 11) is 3.02. The zero-order valence-corrected chi connectivity index (χ0v) is 13.5. The third-order valence-electron chi connectivity index (χ3n) is 3.91. The Morgan fingerprint density at radius 1 is 1.21 bits per heavy atom. The lowest BCUT2D eigenvalue weighted by molar-refractivity contribution is 0.0277. The van der Waals surface area contributed by atoms with Gasteiger partial charge in [-0.25, -0.2) is 9.78 Å². The number of ether oxygens (including phenoxy) is 1. The quantitative estimate of drug-likeness (QED) is 0.663. The van der Waals surface area contributed by atoms with Gasteiger partial charge in [0.2, 0.25) is 0 Å². The van der Waals surface area contributed by atoms with Crippen LogP contribution in [0.4, 0.5) is 0 Å². The Kier molecular flexibility index (Phi) is 4.18. The Bertz CT molecular complexity index is 998. The highest BCUT2D eigenvalue weighted by Gasteiger charge is 2.18. The predicted octanol–water partition coefficient (Wildman–Crippen LogP) is 1.34. The maximum absolute atomic E-state index is 12.5. The van der Waals surface area contributed by atoms with Crippen molar-refractivity contribution in [2.75, 3.05) is 0 Å². The Balaban J connectivity index is 2.03. The molecule has 2 aromatic heterocycles. The SMILES string of the molecule is C=C[C@H](OCc1ccccc1)n1cnc2c1c(=O)n(C)c(=O)n2C. The van der Waals surface area contributed by atoms with Gasteiger partial charge in [-0.1, -0.05) is 36.9 Å². The van der Waals surface area contributed by atoms with E-state index in [0.29, 0.717) is 17.8 Å². The van der Waals surface area contributed by atoms with Crippen molar-refractivity contribution in [2.45, 2.75) is 12.8 Å². The fourth-order valence-corrected chi connectivity index (χ4v) is 2.57. The third-order valence-corrected chi connectivity index (χ3v) is 3.91. The Hall–Kier alpha value is -2.93. The molecule has 0 aliphatic rings. The smallest absolute Gasteiger partial charge is 0.332 e. The van der Waals surface area contributed by atoms with Crippen LogP contribution in [0.1, 0.15) is 11.8 Å². The van der Waals surface area contributed by atoms with Crippen molar-refractivity contribution < 1.29 is 4.74 Å². The minimum Gasteiger partial charge on any atom is -0.350 e. The summed E-state index contributed by atoms with van der Waals surface area (Å²) in [5.41, 5.74) is 0.795. The van der Waals surface area contributed by atoms with Crippen LogP contribution in [-0.4, -0.2) is 18.7 Å². The molecule has 7 heteroatoms. The van der Waals surface area contributed by atoms with Crippen molar-refractivity contribution >= 4 is 11.2 Å². The molecule has 0 radical (unpaired) electrons. The second-order valence-corrected chi connectivity index (χ2v) is 5.45. The fourth-order valence-electron chi connectivity index (χ4n) is 2.57. The molecule has 0 fully saturated rings. The van der Waals surface area contributed by atoms with Crippen molar-refractivity contribution in [3.8, 4) is 0 Å². The molecule has 3 aromatic rings. The molecule has 0 spiro atoms. The zero-order chi connectivity index (χ0) is 17.3. The lowest BCUT2D eigenvalue weighted by atomic mass is 10.2. The van der Waals surface area contributed by atoms with E-state index in [-0.39, 0.29) is 0 Å². The highest BCUT2D eigenvalue weighted by Crippen LogP contribution is 2.17. The summed E-state index contributed by atoms with van der Waals surface area (Å²) < 4.78 is 9.85. The molecular weight excluding hydrogens is 308 g/mol. The van der Waals surface area contributed by atoms with Gasteiger partial charge in [0.05, 0.1) is 6.61 Å². The van der Waals surface area contributed by atoms with E-state index in [9.17, 15) is 9.59 Å². The summed E-state index contributed by atoms with van der Waals surface area (Å²) in [5, 5.41) is 0.